The van der Waals surface area contributed by atoms with Crippen molar-refractivity contribution in [2.75, 3.05) is 13.1 Å². The number of aliphatic hydroxyl groups excluding tert-OH is 1. The van der Waals surface area contributed by atoms with Crippen molar-refractivity contribution in [3.63, 3.8) is 0 Å². The Morgan fingerprint density at radius 1 is 1.28 bits per heavy atom. The lowest BCUT2D eigenvalue weighted by Gasteiger charge is -2.47. The van der Waals surface area contributed by atoms with Gasteiger partial charge < -0.3 is 14.7 Å². The first-order chi connectivity index (χ1) is 18.2. The highest BCUT2D eigenvalue weighted by molar-refractivity contribution is 6.12. The van der Waals surface area contributed by atoms with Crippen molar-refractivity contribution in [1.29, 1.82) is 5.26 Å². The minimum Gasteiger partial charge on any atom is -0.444 e. The molecule has 0 radical (unpaired) electrons. The van der Waals surface area contributed by atoms with E-state index < -0.39 is 41.3 Å². The number of nitrogens with one attached hydrogen (secondary N) is 1. The van der Waals surface area contributed by atoms with Crippen LogP contribution in [0.1, 0.15) is 51.7 Å². The fraction of sp³-hybridized carbons (Fsp3) is 0.500. The second-order valence-electron chi connectivity index (χ2n) is 10.6. The number of nitriles is 1. The van der Waals surface area contributed by atoms with Crippen molar-refractivity contribution in [2.24, 2.45) is 15.9 Å². The topological polar surface area (TPSA) is 131 Å². The number of hydrogen-bond acceptors (Lipinski definition) is 7. The Morgan fingerprint density at radius 2 is 1.92 bits per heavy atom. The maximum atomic E-state index is 12.8. The lowest BCUT2D eigenvalue weighted by Crippen LogP contribution is -2.58. The molecule has 0 aromatic heterocycles. The number of ether oxygens (including phenoxy) is 1. The number of rotatable bonds is 4. The maximum absolute atomic E-state index is 12.8. The zero-order valence-corrected chi connectivity index (χ0v) is 21.7. The molecule has 2 N–H and O–H groups in total. The molecule has 2 amide bonds. The van der Waals surface area contributed by atoms with E-state index in [1.54, 1.807) is 36.8 Å². The van der Waals surface area contributed by atoms with Gasteiger partial charge in [-0.15, -0.1) is 0 Å². The molecular weight excluding hydrogens is 517 g/mol. The summed E-state index contributed by atoms with van der Waals surface area (Å²) in [5.41, 5.74) is 2.18. The second kappa shape index (κ2) is 10.3. The molecule has 1 aromatic carbocycles. The molecule has 3 heterocycles. The van der Waals surface area contributed by atoms with Crippen LogP contribution in [0, 0.1) is 17.2 Å². The molecule has 39 heavy (non-hydrogen) atoms. The SMILES string of the molecule is CC(C)(C)OC(=O)N1CCC(CC#N)(N2NC(=Nc3ccc([C@H](O)C(F)(F)F)cc3)C3C(=O)N=CC=C32)CC1. The van der Waals surface area contributed by atoms with Crippen LogP contribution in [0.5, 0.6) is 0 Å². The number of aliphatic imine (C=N–C) groups is 2. The number of likely N-dealkylation sites (tertiary alicyclic amines) is 1. The van der Waals surface area contributed by atoms with Crippen LogP contribution in [0.4, 0.5) is 23.7 Å². The highest BCUT2D eigenvalue weighted by Gasteiger charge is 2.50. The van der Waals surface area contributed by atoms with E-state index in [1.807, 2.05) is 0 Å². The Labute approximate surface area is 223 Å². The summed E-state index contributed by atoms with van der Waals surface area (Å²) in [4.78, 5) is 35.3. The van der Waals surface area contributed by atoms with Crippen LogP contribution in [-0.2, 0) is 9.53 Å². The zero-order valence-electron chi connectivity index (χ0n) is 21.7. The summed E-state index contributed by atoms with van der Waals surface area (Å²) in [5, 5.41) is 20.9. The van der Waals surface area contributed by atoms with Crippen LogP contribution in [0.25, 0.3) is 0 Å². The summed E-state index contributed by atoms with van der Waals surface area (Å²) in [6, 6.07) is 7.08. The average Bonchev–Trinajstić information content (AvgIpc) is 3.23. The molecule has 1 unspecified atom stereocenters. The van der Waals surface area contributed by atoms with Crippen LogP contribution >= 0.6 is 0 Å². The van der Waals surface area contributed by atoms with Gasteiger partial charge in [0.25, 0.3) is 5.91 Å². The number of carbonyl (C=O) groups excluding carboxylic acids is 2. The standard InChI is InChI=1S/C26H29F3N6O4/c1-24(2,3)39-23(38)34-14-10-25(9-12-30,11-15-34)35-18-8-13-31-22(37)19(18)21(33-35)32-17-6-4-16(5-7-17)20(36)26(27,28)29/h4-8,13,19-20,36H,9-11,14-15H2,1-3H3,(H,32,33)/t19?,20-/m0/s1. The van der Waals surface area contributed by atoms with E-state index in [0.717, 1.165) is 12.1 Å². The fourth-order valence-corrected chi connectivity index (χ4v) is 4.79. The van der Waals surface area contributed by atoms with Gasteiger partial charge in [-0.2, -0.15) is 18.4 Å². The lowest BCUT2D eigenvalue weighted by atomic mass is 9.83. The van der Waals surface area contributed by atoms with Gasteiger partial charge in [0.1, 0.15) is 17.4 Å². The molecular formula is C26H29F3N6O4. The normalized spacial score (nSPS) is 22.6. The second-order valence-corrected chi connectivity index (χ2v) is 10.6. The van der Waals surface area contributed by atoms with Gasteiger partial charge in [0.15, 0.2) is 6.10 Å². The Balaban J connectivity index is 1.60. The summed E-state index contributed by atoms with van der Waals surface area (Å²) in [5.74, 6) is -1.17. The summed E-state index contributed by atoms with van der Waals surface area (Å²) in [6.45, 7) is 5.99. The minimum absolute atomic E-state index is 0.0921. The third-order valence-corrected chi connectivity index (χ3v) is 6.74. The van der Waals surface area contributed by atoms with Crippen molar-refractivity contribution >= 4 is 29.7 Å². The molecule has 2 fully saturated rings. The van der Waals surface area contributed by atoms with Crippen LogP contribution in [-0.4, -0.2) is 69.5 Å². The number of fused-ring (bicyclic) bond motifs is 1. The largest absolute Gasteiger partial charge is 0.444 e. The number of alkyl halides is 3. The third kappa shape index (κ3) is 5.90. The molecule has 10 nitrogen and oxygen atoms in total. The highest BCUT2D eigenvalue weighted by atomic mass is 19.4. The summed E-state index contributed by atoms with van der Waals surface area (Å²) < 4.78 is 44.0. The van der Waals surface area contributed by atoms with Crippen LogP contribution in [0.3, 0.4) is 0 Å². The maximum Gasteiger partial charge on any atom is 0.418 e. The molecule has 3 aliphatic rings. The number of aliphatic hydroxyl groups is 1. The molecule has 13 heteroatoms. The van der Waals surface area contributed by atoms with Gasteiger partial charge in [-0.05, 0) is 57.4 Å². The first-order valence-corrected chi connectivity index (χ1v) is 12.4. The van der Waals surface area contributed by atoms with Crippen LogP contribution in [0.2, 0.25) is 0 Å². The van der Waals surface area contributed by atoms with Gasteiger partial charge >= 0.3 is 12.3 Å². The van der Waals surface area contributed by atoms with Crippen molar-refractivity contribution in [3.8, 4) is 6.07 Å². The Bertz CT molecular complexity index is 1250. The first kappa shape index (κ1) is 28.1. The fourth-order valence-electron chi connectivity index (χ4n) is 4.79. The minimum atomic E-state index is -4.80. The van der Waals surface area contributed by atoms with Crippen LogP contribution < -0.4 is 5.43 Å². The number of carbonyl (C=O) groups is 2. The summed E-state index contributed by atoms with van der Waals surface area (Å²) in [6.07, 6.45) is -3.95. The molecule has 0 saturated carbocycles. The van der Waals surface area contributed by atoms with E-state index in [-0.39, 0.29) is 23.5 Å². The Morgan fingerprint density at radius 3 is 2.49 bits per heavy atom. The number of piperidine rings is 1. The van der Waals surface area contributed by atoms with Gasteiger partial charge in [0, 0.05) is 19.3 Å². The van der Waals surface area contributed by atoms with E-state index in [2.05, 4.69) is 21.5 Å². The third-order valence-electron chi connectivity index (χ3n) is 6.74. The van der Waals surface area contributed by atoms with E-state index in [0.29, 0.717) is 31.6 Å². The molecule has 0 spiro atoms. The number of hydrogen-bond donors (Lipinski definition) is 2. The van der Waals surface area contributed by atoms with Crippen LogP contribution in [0.15, 0.2) is 46.0 Å². The number of nitrogens with zero attached hydrogens (tertiary/aromatic N) is 5. The van der Waals surface area contributed by atoms with Crippen molar-refractivity contribution in [2.45, 2.75) is 63.5 Å². The van der Waals surface area contributed by atoms with Crippen molar-refractivity contribution in [1.82, 2.24) is 15.3 Å². The highest BCUT2D eigenvalue weighted by Crippen LogP contribution is 2.40. The predicted molar refractivity (Wildman–Crippen MR) is 135 cm³/mol. The smallest absolute Gasteiger partial charge is 0.418 e. The zero-order chi connectivity index (χ0) is 28.6. The Kier molecular flexibility index (Phi) is 7.44. The number of hydrazine groups is 1. The number of benzene rings is 1. The quantitative estimate of drug-likeness (QED) is 0.585. The van der Waals surface area contributed by atoms with Gasteiger partial charge in [0.05, 0.1) is 29.4 Å². The number of dihydropyridines is 1. The number of amidine groups is 1. The number of amides is 2. The van der Waals surface area contributed by atoms with Gasteiger partial charge in [-0.25, -0.2) is 14.8 Å². The van der Waals surface area contributed by atoms with Crippen molar-refractivity contribution in [3.05, 3.63) is 41.6 Å². The predicted octanol–water partition coefficient (Wildman–Crippen LogP) is 3.93. The molecule has 1 aromatic rings. The lowest BCUT2D eigenvalue weighted by molar-refractivity contribution is -0.206. The molecule has 208 valence electrons. The van der Waals surface area contributed by atoms with E-state index in [9.17, 15) is 33.1 Å². The first-order valence-electron chi connectivity index (χ1n) is 12.4. The molecule has 0 bridgehead atoms. The molecule has 2 atom stereocenters. The number of allylic oxidation sites excluding steroid dienone is 1. The molecule has 3 aliphatic heterocycles. The molecule has 4 rings (SSSR count). The van der Waals surface area contributed by atoms with E-state index in [1.165, 1.54) is 18.3 Å². The molecule has 0 aliphatic carbocycles. The van der Waals surface area contributed by atoms with Gasteiger partial charge in [0.2, 0.25) is 0 Å². The molecule has 2 saturated heterocycles. The van der Waals surface area contributed by atoms with E-state index in [4.69, 9.17) is 4.74 Å². The summed E-state index contributed by atoms with van der Waals surface area (Å²) in [7, 11) is 0. The van der Waals surface area contributed by atoms with Crippen molar-refractivity contribution < 1.29 is 32.6 Å². The monoisotopic (exact) mass is 546 g/mol. The number of halogens is 3. The Hall–Kier alpha value is -3.92. The van der Waals surface area contributed by atoms with E-state index >= 15 is 0 Å². The summed E-state index contributed by atoms with van der Waals surface area (Å²) >= 11 is 0. The van der Waals surface area contributed by atoms with Gasteiger partial charge in [-0.1, -0.05) is 12.1 Å². The average molecular weight is 547 g/mol. The van der Waals surface area contributed by atoms with Gasteiger partial charge in [-0.3, -0.25) is 15.2 Å².